The third kappa shape index (κ3) is 5.23. The first-order valence-corrected chi connectivity index (χ1v) is 8.04. The number of rotatable bonds is 5. The Morgan fingerprint density at radius 1 is 1.13 bits per heavy atom. The molecule has 6 heteroatoms. The maximum absolute atomic E-state index is 13.1. The van der Waals surface area contributed by atoms with Crippen LogP contribution in [0.2, 0.25) is 0 Å². The summed E-state index contributed by atoms with van der Waals surface area (Å²) < 4.78 is 18.4. The molecule has 0 atom stereocenters. The van der Waals surface area contributed by atoms with Crippen molar-refractivity contribution in [2.75, 3.05) is 32.8 Å². The summed E-state index contributed by atoms with van der Waals surface area (Å²) in [6.07, 6.45) is 2.15. The molecule has 2 amide bonds. The van der Waals surface area contributed by atoms with Gasteiger partial charge in [-0.25, -0.2) is 4.39 Å². The zero-order chi connectivity index (χ0) is 16.7. The molecule has 0 aromatic heterocycles. The molecule has 0 N–H and O–H groups in total. The highest BCUT2D eigenvalue weighted by molar-refractivity contribution is 5.78. The summed E-state index contributed by atoms with van der Waals surface area (Å²) in [7, 11) is 0. The van der Waals surface area contributed by atoms with Crippen LogP contribution in [-0.2, 0) is 9.59 Å². The highest BCUT2D eigenvalue weighted by Gasteiger charge is 2.21. The van der Waals surface area contributed by atoms with Crippen LogP contribution in [0, 0.1) is 5.82 Å². The molecule has 0 unspecified atom stereocenters. The summed E-state index contributed by atoms with van der Waals surface area (Å²) in [5.74, 6) is -0.0421. The Morgan fingerprint density at radius 3 is 2.48 bits per heavy atom. The van der Waals surface area contributed by atoms with Crippen LogP contribution in [0.1, 0.15) is 26.2 Å². The largest absolute Gasteiger partial charge is 0.484 e. The van der Waals surface area contributed by atoms with Gasteiger partial charge < -0.3 is 14.5 Å². The highest BCUT2D eigenvalue weighted by atomic mass is 19.1. The minimum absolute atomic E-state index is 0.119. The minimum Gasteiger partial charge on any atom is -0.484 e. The number of hydrogen-bond donors (Lipinski definition) is 0. The van der Waals surface area contributed by atoms with Crippen molar-refractivity contribution in [1.29, 1.82) is 0 Å². The average Bonchev–Trinajstić information content (AvgIpc) is 2.79. The molecule has 0 aliphatic carbocycles. The van der Waals surface area contributed by atoms with E-state index in [1.54, 1.807) is 11.0 Å². The van der Waals surface area contributed by atoms with Gasteiger partial charge in [0.25, 0.3) is 5.91 Å². The van der Waals surface area contributed by atoms with Crippen LogP contribution < -0.4 is 4.74 Å². The lowest BCUT2D eigenvalue weighted by molar-refractivity contribution is -0.134. The lowest BCUT2D eigenvalue weighted by Gasteiger charge is -2.22. The zero-order valence-corrected chi connectivity index (χ0v) is 13.5. The van der Waals surface area contributed by atoms with Gasteiger partial charge in [0.1, 0.15) is 11.6 Å². The Morgan fingerprint density at radius 2 is 1.83 bits per heavy atom. The number of amides is 2. The quantitative estimate of drug-likeness (QED) is 0.834. The molecular formula is C17H23FN2O3. The topological polar surface area (TPSA) is 49.9 Å². The third-order valence-electron chi connectivity index (χ3n) is 3.82. The second-order valence-electron chi connectivity index (χ2n) is 5.61. The van der Waals surface area contributed by atoms with E-state index in [4.69, 9.17) is 4.74 Å². The van der Waals surface area contributed by atoms with Crippen molar-refractivity contribution in [2.24, 2.45) is 0 Å². The van der Waals surface area contributed by atoms with Crippen molar-refractivity contribution in [3.8, 4) is 5.75 Å². The smallest absolute Gasteiger partial charge is 0.260 e. The van der Waals surface area contributed by atoms with Crippen molar-refractivity contribution in [3.05, 3.63) is 30.1 Å². The van der Waals surface area contributed by atoms with E-state index in [1.165, 1.54) is 18.2 Å². The van der Waals surface area contributed by atoms with Crippen molar-refractivity contribution in [1.82, 2.24) is 9.80 Å². The molecule has 0 spiro atoms. The van der Waals surface area contributed by atoms with Crippen molar-refractivity contribution >= 4 is 11.8 Å². The number of ether oxygens (including phenoxy) is 1. The van der Waals surface area contributed by atoms with E-state index in [0.717, 1.165) is 12.8 Å². The Bertz CT molecular complexity index is 550. The summed E-state index contributed by atoms with van der Waals surface area (Å²) in [4.78, 5) is 27.7. The predicted molar refractivity (Wildman–Crippen MR) is 84.6 cm³/mol. The van der Waals surface area contributed by atoms with Gasteiger partial charge in [-0.3, -0.25) is 9.59 Å². The first-order valence-electron chi connectivity index (χ1n) is 8.04. The predicted octanol–water partition coefficient (Wildman–Crippen LogP) is 2.07. The van der Waals surface area contributed by atoms with Gasteiger partial charge in [0.05, 0.1) is 0 Å². The van der Waals surface area contributed by atoms with Crippen LogP contribution in [0.5, 0.6) is 5.75 Å². The van der Waals surface area contributed by atoms with Gasteiger partial charge in [-0.05, 0) is 25.0 Å². The van der Waals surface area contributed by atoms with E-state index >= 15 is 0 Å². The monoisotopic (exact) mass is 322 g/mol. The van der Waals surface area contributed by atoms with Crippen molar-refractivity contribution in [3.63, 3.8) is 0 Å². The van der Waals surface area contributed by atoms with Crippen LogP contribution >= 0.6 is 0 Å². The lowest BCUT2D eigenvalue weighted by atomic mass is 10.3. The molecule has 1 aliphatic heterocycles. The molecule has 1 aliphatic rings. The lowest BCUT2D eigenvalue weighted by Crippen LogP contribution is -2.39. The SMILES string of the molecule is CCCC(=O)N1CCCN(C(=O)COc2cccc(F)c2)CC1. The van der Waals surface area contributed by atoms with Crippen molar-refractivity contribution < 1.29 is 18.7 Å². The third-order valence-corrected chi connectivity index (χ3v) is 3.82. The molecule has 1 fully saturated rings. The van der Waals surface area contributed by atoms with Gasteiger partial charge >= 0.3 is 0 Å². The molecule has 1 saturated heterocycles. The fourth-order valence-corrected chi connectivity index (χ4v) is 2.58. The molecule has 5 nitrogen and oxygen atoms in total. The molecular weight excluding hydrogens is 299 g/mol. The Hall–Kier alpha value is -2.11. The van der Waals surface area contributed by atoms with E-state index in [1.807, 2.05) is 11.8 Å². The minimum atomic E-state index is -0.394. The molecule has 23 heavy (non-hydrogen) atoms. The van der Waals surface area contributed by atoms with E-state index in [0.29, 0.717) is 38.3 Å². The van der Waals surface area contributed by atoms with E-state index in [-0.39, 0.29) is 18.4 Å². The summed E-state index contributed by atoms with van der Waals surface area (Å²) in [6, 6.07) is 5.73. The molecule has 0 saturated carbocycles. The standard InChI is InChI=1S/C17H23FN2O3/c1-2-5-16(21)19-8-4-9-20(11-10-19)17(22)13-23-15-7-3-6-14(18)12-15/h3,6-7,12H,2,4-5,8-11,13H2,1H3. The second-order valence-corrected chi connectivity index (χ2v) is 5.61. The first kappa shape index (κ1) is 17.2. The van der Waals surface area contributed by atoms with Gasteiger partial charge in [-0.1, -0.05) is 13.0 Å². The number of carbonyl (C=O) groups is 2. The molecule has 126 valence electrons. The molecule has 1 heterocycles. The number of halogens is 1. The zero-order valence-electron chi connectivity index (χ0n) is 13.5. The maximum atomic E-state index is 13.1. The fourth-order valence-electron chi connectivity index (χ4n) is 2.58. The summed E-state index contributed by atoms with van der Waals surface area (Å²) >= 11 is 0. The van der Waals surface area contributed by atoms with Crippen molar-refractivity contribution in [2.45, 2.75) is 26.2 Å². The van der Waals surface area contributed by atoms with Crippen LogP contribution in [0.25, 0.3) is 0 Å². The number of hydrogen-bond acceptors (Lipinski definition) is 3. The van der Waals surface area contributed by atoms with Gasteiger partial charge in [-0.2, -0.15) is 0 Å². The molecule has 1 aromatic carbocycles. The molecule has 2 rings (SSSR count). The van der Waals surface area contributed by atoms with Crippen LogP contribution in [0.15, 0.2) is 24.3 Å². The van der Waals surface area contributed by atoms with E-state index < -0.39 is 5.82 Å². The number of carbonyl (C=O) groups excluding carboxylic acids is 2. The number of nitrogens with zero attached hydrogens (tertiary/aromatic N) is 2. The summed E-state index contributed by atoms with van der Waals surface area (Å²) in [5, 5.41) is 0. The molecule has 1 aromatic rings. The van der Waals surface area contributed by atoms with Gasteiger partial charge in [-0.15, -0.1) is 0 Å². The summed E-state index contributed by atoms with van der Waals surface area (Å²) in [5.41, 5.74) is 0. The van der Waals surface area contributed by atoms with Gasteiger partial charge in [0, 0.05) is 38.7 Å². The molecule has 0 radical (unpaired) electrons. The van der Waals surface area contributed by atoms with Crippen LogP contribution in [0.3, 0.4) is 0 Å². The Labute approximate surface area is 136 Å². The maximum Gasteiger partial charge on any atom is 0.260 e. The highest BCUT2D eigenvalue weighted by Crippen LogP contribution is 2.12. The van der Waals surface area contributed by atoms with E-state index in [9.17, 15) is 14.0 Å². The number of benzene rings is 1. The van der Waals surface area contributed by atoms with Gasteiger partial charge in [0.2, 0.25) is 5.91 Å². The fraction of sp³-hybridized carbons (Fsp3) is 0.529. The average molecular weight is 322 g/mol. The Kier molecular flexibility index (Phi) is 6.38. The van der Waals surface area contributed by atoms with Gasteiger partial charge in [0.15, 0.2) is 6.61 Å². The second kappa shape index (κ2) is 8.50. The first-order chi connectivity index (χ1) is 11.1. The van der Waals surface area contributed by atoms with E-state index in [2.05, 4.69) is 0 Å². The van der Waals surface area contributed by atoms with Crippen LogP contribution in [0.4, 0.5) is 4.39 Å². The Balaban J connectivity index is 1.82. The normalized spacial score (nSPS) is 15.2. The van der Waals surface area contributed by atoms with Crippen LogP contribution in [-0.4, -0.2) is 54.4 Å². The molecule has 0 bridgehead atoms. The summed E-state index contributed by atoms with van der Waals surface area (Å²) in [6.45, 7) is 4.24.